The van der Waals surface area contributed by atoms with Crippen LogP contribution in [0.2, 0.25) is 0 Å². The molecule has 0 radical (unpaired) electrons. The van der Waals surface area contributed by atoms with Crippen molar-refractivity contribution in [1.29, 1.82) is 0 Å². The predicted molar refractivity (Wildman–Crippen MR) is 62.5 cm³/mol. The fourth-order valence-corrected chi connectivity index (χ4v) is 2.21. The van der Waals surface area contributed by atoms with Gasteiger partial charge in [-0.25, -0.2) is 4.39 Å². The van der Waals surface area contributed by atoms with Gasteiger partial charge in [0.2, 0.25) is 0 Å². The lowest BCUT2D eigenvalue weighted by Crippen LogP contribution is -2.50. The third-order valence-electron chi connectivity index (χ3n) is 3.15. The van der Waals surface area contributed by atoms with Gasteiger partial charge in [0, 0.05) is 25.7 Å². The maximum atomic E-state index is 13.1. The third kappa shape index (κ3) is 2.60. The fourth-order valence-electron chi connectivity index (χ4n) is 2.21. The molecular formula is C12H15FN2O3. The molecule has 5 nitrogen and oxygen atoms in total. The Labute approximate surface area is 104 Å². The van der Waals surface area contributed by atoms with E-state index in [9.17, 15) is 14.3 Å². The van der Waals surface area contributed by atoms with Gasteiger partial charge in [0.15, 0.2) is 0 Å². The summed E-state index contributed by atoms with van der Waals surface area (Å²) in [5, 5.41) is 18.3. The number of hydrogen-bond donors (Lipinski definition) is 3. The Bertz CT molecular complexity index is 460. The van der Waals surface area contributed by atoms with Gasteiger partial charge in [-0.15, -0.1) is 0 Å². The zero-order valence-corrected chi connectivity index (χ0v) is 9.77. The summed E-state index contributed by atoms with van der Waals surface area (Å²) < 4.78 is 13.1. The Balaban J connectivity index is 2.06. The van der Waals surface area contributed by atoms with Crippen LogP contribution >= 0.6 is 0 Å². The summed E-state index contributed by atoms with van der Waals surface area (Å²) in [7, 11) is 0. The van der Waals surface area contributed by atoms with E-state index in [1.54, 1.807) is 0 Å². The van der Waals surface area contributed by atoms with Crippen molar-refractivity contribution in [3.8, 4) is 5.75 Å². The number of phenols is 1. The van der Waals surface area contributed by atoms with Crippen LogP contribution in [0.15, 0.2) is 18.2 Å². The van der Waals surface area contributed by atoms with Crippen LogP contribution in [0.3, 0.4) is 0 Å². The maximum absolute atomic E-state index is 13.1. The molecule has 4 N–H and O–H groups in total. The molecule has 0 amide bonds. The molecule has 0 saturated carbocycles. The van der Waals surface area contributed by atoms with Crippen molar-refractivity contribution < 1.29 is 19.4 Å². The molecule has 1 saturated heterocycles. The second kappa shape index (κ2) is 4.55. The largest absolute Gasteiger partial charge is 0.508 e. The smallest absolute Gasteiger partial charge is 0.325 e. The molecule has 0 bridgehead atoms. The van der Waals surface area contributed by atoms with Gasteiger partial charge in [0.1, 0.15) is 17.1 Å². The number of aliphatic carboxylic acids is 1. The number of likely N-dealkylation sites (tertiary alicyclic amines) is 1. The molecule has 1 atom stereocenters. The van der Waals surface area contributed by atoms with Crippen molar-refractivity contribution in [3.05, 3.63) is 29.6 Å². The second-order valence-electron chi connectivity index (χ2n) is 4.74. The van der Waals surface area contributed by atoms with Crippen molar-refractivity contribution in [2.24, 2.45) is 5.73 Å². The van der Waals surface area contributed by atoms with Gasteiger partial charge in [-0.2, -0.15) is 0 Å². The summed E-state index contributed by atoms with van der Waals surface area (Å²) in [6.07, 6.45) is 0.365. The number of aromatic hydroxyl groups is 1. The van der Waals surface area contributed by atoms with E-state index in [0.717, 1.165) is 6.07 Å². The highest BCUT2D eigenvalue weighted by Gasteiger charge is 2.41. The van der Waals surface area contributed by atoms with Gasteiger partial charge < -0.3 is 15.9 Å². The van der Waals surface area contributed by atoms with E-state index < -0.39 is 17.3 Å². The van der Waals surface area contributed by atoms with E-state index >= 15 is 0 Å². The molecule has 1 aromatic rings. The number of phenolic OH excluding ortho intramolecular Hbond substituents is 1. The van der Waals surface area contributed by atoms with Crippen LogP contribution in [0.1, 0.15) is 12.0 Å². The number of carbonyl (C=O) groups is 1. The van der Waals surface area contributed by atoms with Gasteiger partial charge >= 0.3 is 5.97 Å². The first-order valence-electron chi connectivity index (χ1n) is 5.62. The normalized spacial score (nSPS) is 24.3. The Morgan fingerprint density at radius 1 is 1.50 bits per heavy atom. The van der Waals surface area contributed by atoms with E-state index in [-0.39, 0.29) is 12.3 Å². The fraction of sp³-hybridized carbons (Fsp3) is 0.417. The van der Waals surface area contributed by atoms with E-state index in [1.807, 2.05) is 4.90 Å². The highest BCUT2D eigenvalue weighted by molar-refractivity contribution is 5.79. The van der Waals surface area contributed by atoms with Crippen molar-refractivity contribution >= 4 is 5.97 Å². The standard InChI is InChI=1S/C12H15FN2O3/c13-9-3-8(4-10(16)5-9)6-15-2-1-12(14,7-15)11(17)18/h3-5,16H,1-2,6-7,14H2,(H,17,18). The summed E-state index contributed by atoms with van der Waals surface area (Å²) in [4.78, 5) is 12.8. The first-order chi connectivity index (χ1) is 8.39. The van der Waals surface area contributed by atoms with Crippen LogP contribution in [0, 0.1) is 5.82 Å². The zero-order valence-electron chi connectivity index (χ0n) is 9.77. The first-order valence-corrected chi connectivity index (χ1v) is 5.62. The highest BCUT2D eigenvalue weighted by atomic mass is 19.1. The molecule has 0 spiro atoms. The number of hydrogen-bond acceptors (Lipinski definition) is 4. The molecule has 1 aliphatic heterocycles. The lowest BCUT2D eigenvalue weighted by atomic mass is 10.0. The second-order valence-corrected chi connectivity index (χ2v) is 4.74. The number of halogens is 1. The monoisotopic (exact) mass is 254 g/mol. The van der Waals surface area contributed by atoms with E-state index in [0.29, 0.717) is 25.1 Å². The number of rotatable bonds is 3. The van der Waals surface area contributed by atoms with Crippen molar-refractivity contribution in [2.45, 2.75) is 18.5 Å². The van der Waals surface area contributed by atoms with Crippen LogP contribution in [-0.4, -0.2) is 39.7 Å². The summed E-state index contributed by atoms with van der Waals surface area (Å²) in [6.45, 7) is 1.14. The zero-order chi connectivity index (χ0) is 13.3. The number of benzene rings is 1. The van der Waals surface area contributed by atoms with Crippen molar-refractivity contribution in [3.63, 3.8) is 0 Å². The first kappa shape index (κ1) is 12.8. The summed E-state index contributed by atoms with van der Waals surface area (Å²) in [6, 6.07) is 3.80. The highest BCUT2D eigenvalue weighted by Crippen LogP contribution is 2.22. The molecule has 98 valence electrons. The van der Waals surface area contributed by atoms with Crippen molar-refractivity contribution in [2.75, 3.05) is 13.1 Å². The average molecular weight is 254 g/mol. The Morgan fingerprint density at radius 3 is 2.78 bits per heavy atom. The van der Waals surface area contributed by atoms with Gasteiger partial charge in [-0.1, -0.05) is 0 Å². The Kier molecular flexibility index (Phi) is 3.23. The number of nitrogens with zero attached hydrogens (tertiary/aromatic N) is 1. The van der Waals surface area contributed by atoms with Crippen LogP contribution in [0.4, 0.5) is 4.39 Å². The molecule has 18 heavy (non-hydrogen) atoms. The van der Waals surface area contributed by atoms with Gasteiger partial charge in [-0.05, 0) is 24.1 Å². The minimum atomic E-state index is -1.23. The van der Waals surface area contributed by atoms with Gasteiger partial charge in [-0.3, -0.25) is 9.69 Å². The minimum Gasteiger partial charge on any atom is -0.508 e. The SMILES string of the molecule is NC1(C(=O)O)CCN(Cc2cc(O)cc(F)c2)C1. The summed E-state index contributed by atoms with van der Waals surface area (Å²) in [5.41, 5.74) is 5.11. The van der Waals surface area contributed by atoms with Gasteiger partial charge in [0.25, 0.3) is 0 Å². The summed E-state index contributed by atoms with van der Waals surface area (Å²) >= 11 is 0. The average Bonchev–Trinajstić information content (AvgIpc) is 2.60. The number of carboxylic acids is 1. The summed E-state index contributed by atoms with van der Waals surface area (Å²) in [5.74, 6) is -1.67. The molecule has 2 rings (SSSR count). The molecule has 1 fully saturated rings. The lowest BCUT2D eigenvalue weighted by molar-refractivity contribution is -0.142. The van der Waals surface area contributed by atoms with Crippen LogP contribution in [-0.2, 0) is 11.3 Å². The lowest BCUT2D eigenvalue weighted by Gasteiger charge is -2.20. The predicted octanol–water partition coefficient (Wildman–Crippen LogP) is 0.519. The van der Waals surface area contributed by atoms with Crippen LogP contribution in [0.25, 0.3) is 0 Å². The molecule has 0 aliphatic carbocycles. The number of nitrogens with two attached hydrogens (primary N) is 1. The maximum Gasteiger partial charge on any atom is 0.325 e. The van der Waals surface area contributed by atoms with E-state index in [1.165, 1.54) is 12.1 Å². The van der Waals surface area contributed by atoms with E-state index in [4.69, 9.17) is 10.8 Å². The number of carboxylic acid groups (broad SMARTS) is 1. The molecular weight excluding hydrogens is 239 g/mol. The molecule has 1 heterocycles. The quantitative estimate of drug-likeness (QED) is 0.732. The van der Waals surface area contributed by atoms with Crippen molar-refractivity contribution in [1.82, 2.24) is 4.90 Å². The topological polar surface area (TPSA) is 86.8 Å². The third-order valence-corrected chi connectivity index (χ3v) is 3.15. The minimum absolute atomic E-state index is 0.138. The molecule has 1 aromatic carbocycles. The molecule has 1 aliphatic rings. The van der Waals surface area contributed by atoms with E-state index in [2.05, 4.69) is 0 Å². The molecule has 6 heteroatoms. The molecule has 0 aromatic heterocycles. The van der Waals surface area contributed by atoms with Crippen LogP contribution < -0.4 is 5.73 Å². The molecule has 1 unspecified atom stereocenters. The van der Waals surface area contributed by atoms with Crippen LogP contribution in [0.5, 0.6) is 5.75 Å². The Hall–Kier alpha value is -1.66. The Morgan fingerprint density at radius 2 is 2.22 bits per heavy atom. The van der Waals surface area contributed by atoms with Gasteiger partial charge in [0.05, 0.1) is 0 Å².